The van der Waals surface area contributed by atoms with Crippen LogP contribution in [0.15, 0.2) is 35.9 Å². The molecule has 2 atom stereocenters. The van der Waals surface area contributed by atoms with Crippen LogP contribution in [-0.2, 0) is 10.2 Å². The minimum absolute atomic E-state index is 0.0131. The van der Waals surface area contributed by atoms with E-state index in [1.165, 1.54) is 24.0 Å². The molecular formula is C26H42FNO2. The molecule has 0 aromatic heterocycles. The number of benzene rings is 1. The van der Waals surface area contributed by atoms with Gasteiger partial charge in [0.2, 0.25) is 0 Å². The minimum Gasteiger partial charge on any atom is -0.394 e. The predicted octanol–water partition coefficient (Wildman–Crippen LogP) is 5.72. The first-order valence-electron chi connectivity index (χ1n) is 11.6. The Labute approximate surface area is 183 Å². The van der Waals surface area contributed by atoms with Gasteiger partial charge in [-0.2, -0.15) is 0 Å². The van der Waals surface area contributed by atoms with Crippen LogP contribution >= 0.6 is 0 Å². The van der Waals surface area contributed by atoms with Crippen molar-refractivity contribution in [2.24, 2.45) is 5.92 Å². The molecule has 0 spiro atoms. The molecule has 30 heavy (non-hydrogen) atoms. The Hall–Kier alpha value is -1.23. The van der Waals surface area contributed by atoms with Gasteiger partial charge in [0.05, 0.1) is 12.7 Å². The fourth-order valence-corrected chi connectivity index (χ4v) is 4.49. The number of aliphatic hydroxyl groups excluding tert-OH is 1. The van der Waals surface area contributed by atoms with E-state index in [0.717, 1.165) is 39.0 Å². The van der Waals surface area contributed by atoms with Crippen LogP contribution in [0.4, 0.5) is 4.39 Å². The van der Waals surface area contributed by atoms with Crippen molar-refractivity contribution in [1.82, 2.24) is 4.90 Å². The largest absolute Gasteiger partial charge is 0.394 e. The molecule has 0 radical (unpaired) electrons. The maximum absolute atomic E-state index is 13.4. The SMILES string of the molecule is CCC(CO)OCCC1CCN(C(C=C(C)C)CC(C)(C)c2ccc(F)cc2)CC1. The lowest BCUT2D eigenvalue weighted by molar-refractivity contribution is 0.000982. The van der Waals surface area contributed by atoms with E-state index in [2.05, 4.69) is 45.6 Å². The lowest BCUT2D eigenvalue weighted by Gasteiger charge is -2.40. The van der Waals surface area contributed by atoms with Gasteiger partial charge in [-0.3, -0.25) is 4.90 Å². The van der Waals surface area contributed by atoms with Gasteiger partial charge in [-0.15, -0.1) is 0 Å². The summed E-state index contributed by atoms with van der Waals surface area (Å²) in [5.41, 5.74) is 2.52. The van der Waals surface area contributed by atoms with Crippen LogP contribution in [0.2, 0.25) is 0 Å². The number of hydrogen-bond acceptors (Lipinski definition) is 3. The second-order valence-corrected chi connectivity index (χ2v) is 9.76. The smallest absolute Gasteiger partial charge is 0.123 e. The number of piperidine rings is 1. The Balaban J connectivity index is 1.93. The molecule has 1 N–H and O–H groups in total. The third kappa shape index (κ3) is 7.79. The van der Waals surface area contributed by atoms with Crippen molar-refractivity contribution < 1.29 is 14.2 Å². The van der Waals surface area contributed by atoms with Gasteiger partial charge in [0, 0.05) is 12.6 Å². The lowest BCUT2D eigenvalue weighted by atomic mass is 9.78. The van der Waals surface area contributed by atoms with Crippen LogP contribution in [0, 0.1) is 11.7 Å². The summed E-state index contributed by atoms with van der Waals surface area (Å²) in [5, 5.41) is 9.26. The van der Waals surface area contributed by atoms with E-state index < -0.39 is 0 Å². The van der Waals surface area contributed by atoms with E-state index in [4.69, 9.17) is 4.74 Å². The Morgan fingerprint density at radius 1 is 1.23 bits per heavy atom. The van der Waals surface area contributed by atoms with Crippen LogP contribution in [-0.4, -0.2) is 48.5 Å². The van der Waals surface area contributed by atoms with E-state index in [1.807, 2.05) is 12.1 Å². The van der Waals surface area contributed by atoms with Crippen LogP contribution < -0.4 is 0 Å². The average molecular weight is 420 g/mol. The van der Waals surface area contributed by atoms with Crippen molar-refractivity contribution in [2.45, 2.75) is 84.3 Å². The lowest BCUT2D eigenvalue weighted by Crippen LogP contribution is -2.43. The predicted molar refractivity (Wildman–Crippen MR) is 123 cm³/mol. The molecule has 3 nitrogen and oxygen atoms in total. The van der Waals surface area contributed by atoms with Gasteiger partial charge < -0.3 is 9.84 Å². The number of nitrogens with zero attached hydrogens (tertiary/aromatic N) is 1. The Morgan fingerprint density at radius 3 is 2.40 bits per heavy atom. The molecule has 1 aromatic rings. The minimum atomic E-state index is -0.175. The van der Waals surface area contributed by atoms with Crippen molar-refractivity contribution in [3.63, 3.8) is 0 Å². The molecule has 1 aliphatic rings. The molecule has 4 heteroatoms. The highest BCUT2D eigenvalue weighted by Gasteiger charge is 2.30. The highest BCUT2D eigenvalue weighted by atomic mass is 19.1. The molecule has 1 fully saturated rings. The molecule has 0 aliphatic carbocycles. The Kier molecular flexibility index (Phi) is 9.99. The van der Waals surface area contributed by atoms with Gasteiger partial charge in [0.1, 0.15) is 5.82 Å². The number of aliphatic hydroxyl groups is 1. The number of hydrogen-bond donors (Lipinski definition) is 1. The second-order valence-electron chi connectivity index (χ2n) is 9.76. The molecule has 1 heterocycles. The molecule has 170 valence electrons. The van der Waals surface area contributed by atoms with Crippen molar-refractivity contribution in [3.8, 4) is 0 Å². The number of halogens is 1. The van der Waals surface area contributed by atoms with E-state index in [9.17, 15) is 9.50 Å². The maximum Gasteiger partial charge on any atom is 0.123 e. The highest BCUT2D eigenvalue weighted by Crippen LogP contribution is 2.33. The summed E-state index contributed by atoms with van der Waals surface area (Å²) in [5.74, 6) is 0.528. The topological polar surface area (TPSA) is 32.7 Å². The molecule has 2 unspecified atom stereocenters. The monoisotopic (exact) mass is 419 g/mol. The third-order valence-corrected chi connectivity index (χ3v) is 6.53. The van der Waals surface area contributed by atoms with E-state index in [0.29, 0.717) is 12.0 Å². The Bertz CT molecular complexity index is 640. The maximum atomic E-state index is 13.4. The van der Waals surface area contributed by atoms with Crippen molar-refractivity contribution in [2.75, 3.05) is 26.3 Å². The number of ether oxygens (including phenoxy) is 1. The van der Waals surface area contributed by atoms with Gasteiger partial charge in [-0.25, -0.2) is 4.39 Å². The first-order chi connectivity index (χ1) is 14.2. The van der Waals surface area contributed by atoms with Crippen molar-refractivity contribution in [1.29, 1.82) is 0 Å². The molecule has 1 saturated heterocycles. The van der Waals surface area contributed by atoms with Crippen LogP contribution in [0.5, 0.6) is 0 Å². The van der Waals surface area contributed by atoms with Gasteiger partial charge >= 0.3 is 0 Å². The summed E-state index contributed by atoms with van der Waals surface area (Å²) in [4.78, 5) is 2.62. The van der Waals surface area contributed by atoms with E-state index in [1.54, 1.807) is 12.1 Å². The van der Waals surface area contributed by atoms with Gasteiger partial charge in [-0.1, -0.05) is 44.6 Å². The zero-order valence-corrected chi connectivity index (χ0v) is 19.7. The fourth-order valence-electron chi connectivity index (χ4n) is 4.49. The van der Waals surface area contributed by atoms with Crippen LogP contribution in [0.3, 0.4) is 0 Å². The molecule has 1 aliphatic heterocycles. The summed E-state index contributed by atoms with van der Waals surface area (Å²) >= 11 is 0. The van der Waals surface area contributed by atoms with Gasteiger partial charge in [0.25, 0.3) is 0 Å². The molecule has 0 bridgehead atoms. The second kappa shape index (κ2) is 12.0. The highest BCUT2D eigenvalue weighted by molar-refractivity contribution is 5.25. The number of allylic oxidation sites excluding steroid dienone is 1. The van der Waals surface area contributed by atoms with Gasteiger partial charge in [-0.05, 0) is 88.1 Å². The van der Waals surface area contributed by atoms with Crippen molar-refractivity contribution >= 4 is 0 Å². The molecule has 0 saturated carbocycles. The first-order valence-corrected chi connectivity index (χ1v) is 11.6. The average Bonchev–Trinajstić information content (AvgIpc) is 2.71. The van der Waals surface area contributed by atoms with Crippen molar-refractivity contribution in [3.05, 3.63) is 47.3 Å². The summed E-state index contributed by atoms with van der Waals surface area (Å²) in [6, 6.07) is 7.39. The van der Waals surface area contributed by atoms with Gasteiger partial charge in [0.15, 0.2) is 0 Å². The molecule has 1 aromatic carbocycles. The summed E-state index contributed by atoms with van der Waals surface area (Å²) in [6.07, 6.45) is 7.75. The molecular weight excluding hydrogens is 377 g/mol. The Morgan fingerprint density at radius 2 is 1.87 bits per heavy atom. The summed E-state index contributed by atoms with van der Waals surface area (Å²) in [6.45, 7) is 14.0. The van der Waals surface area contributed by atoms with Crippen LogP contribution in [0.1, 0.15) is 72.3 Å². The fraction of sp³-hybridized carbons (Fsp3) is 0.692. The summed E-state index contributed by atoms with van der Waals surface area (Å²) < 4.78 is 19.2. The number of likely N-dealkylation sites (tertiary alicyclic amines) is 1. The zero-order valence-electron chi connectivity index (χ0n) is 19.7. The molecule has 2 rings (SSSR count). The van der Waals surface area contributed by atoms with E-state index >= 15 is 0 Å². The van der Waals surface area contributed by atoms with E-state index in [-0.39, 0.29) is 23.9 Å². The molecule has 0 amide bonds. The number of rotatable bonds is 11. The zero-order chi connectivity index (χ0) is 22.1. The third-order valence-electron chi connectivity index (χ3n) is 6.53. The first kappa shape index (κ1) is 25.0. The summed E-state index contributed by atoms with van der Waals surface area (Å²) in [7, 11) is 0. The quantitative estimate of drug-likeness (QED) is 0.466. The standard InChI is InChI=1S/C26H42FNO2/c1-6-25(19-29)30-16-13-21-11-14-28(15-12-21)24(17-20(2)3)18-26(4,5)22-7-9-23(27)10-8-22/h7-10,17,21,24-25,29H,6,11-16,18-19H2,1-5H3. The normalized spacial score (nSPS) is 18.2. The van der Waals surface area contributed by atoms with Crippen LogP contribution in [0.25, 0.3) is 0 Å².